The second-order valence-corrected chi connectivity index (χ2v) is 8.34. The van der Waals surface area contributed by atoms with Crippen LogP contribution < -0.4 is 10.6 Å². The highest BCUT2D eigenvalue weighted by molar-refractivity contribution is 14.0. The molecule has 2 aliphatic rings. The van der Waals surface area contributed by atoms with Gasteiger partial charge < -0.3 is 20.1 Å². The van der Waals surface area contributed by atoms with Crippen LogP contribution in [0.25, 0.3) is 0 Å². The van der Waals surface area contributed by atoms with Crippen molar-refractivity contribution < 1.29 is 17.7 Å². The first-order valence-corrected chi connectivity index (χ1v) is 10.2. The van der Waals surface area contributed by atoms with Gasteiger partial charge in [0.1, 0.15) is 12.0 Å². The van der Waals surface area contributed by atoms with Crippen molar-refractivity contribution in [2.75, 3.05) is 39.8 Å². The Kier molecular flexibility index (Phi) is 7.85. The maximum absolute atomic E-state index is 12.4. The Hall–Kier alpha value is -1.41. The van der Waals surface area contributed by atoms with Gasteiger partial charge in [-0.3, -0.25) is 9.79 Å². The SMILES string of the molecule is CN=C(NCC(=O)NC1CC1)N1CCN(S(=O)(=O)Cc2ccon2)CC1.I. The van der Waals surface area contributed by atoms with Gasteiger partial charge in [0, 0.05) is 45.3 Å². The molecule has 1 aromatic heterocycles. The number of nitrogens with one attached hydrogen (secondary N) is 2. The lowest BCUT2D eigenvalue weighted by atomic mass is 10.4. The van der Waals surface area contributed by atoms with Crippen molar-refractivity contribution in [3.63, 3.8) is 0 Å². The van der Waals surface area contributed by atoms with Gasteiger partial charge in [-0.2, -0.15) is 4.31 Å². The van der Waals surface area contributed by atoms with Gasteiger partial charge in [-0.25, -0.2) is 8.42 Å². The van der Waals surface area contributed by atoms with E-state index in [4.69, 9.17) is 0 Å². The van der Waals surface area contributed by atoms with Crippen LogP contribution in [0.3, 0.4) is 0 Å². The fraction of sp³-hybridized carbons (Fsp3) is 0.667. The zero-order valence-electron chi connectivity index (χ0n) is 15.1. The molecule has 1 amide bonds. The first-order chi connectivity index (χ1) is 12.5. The summed E-state index contributed by atoms with van der Waals surface area (Å²) in [6, 6.07) is 1.87. The minimum absolute atomic E-state index is 0. The third-order valence-corrected chi connectivity index (χ3v) is 6.13. The highest BCUT2D eigenvalue weighted by Crippen LogP contribution is 2.18. The van der Waals surface area contributed by atoms with E-state index in [2.05, 4.69) is 25.3 Å². The third-order valence-electron chi connectivity index (χ3n) is 4.31. The van der Waals surface area contributed by atoms with Crippen LogP contribution in [-0.2, 0) is 20.6 Å². The Labute approximate surface area is 175 Å². The molecule has 2 N–H and O–H groups in total. The van der Waals surface area contributed by atoms with Gasteiger partial charge >= 0.3 is 0 Å². The van der Waals surface area contributed by atoms with Crippen molar-refractivity contribution in [1.82, 2.24) is 25.0 Å². The number of aromatic nitrogens is 1. The van der Waals surface area contributed by atoms with Gasteiger partial charge in [-0.05, 0) is 12.8 Å². The lowest BCUT2D eigenvalue weighted by molar-refractivity contribution is -0.120. The predicted octanol–water partition coefficient (Wildman–Crippen LogP) is -0.406. The Morgan fingerprint density at radius 3 is 2.59 bits per heavy atom. The number of sulfonamides is 1. The van der Waals surface area contributed by atoms with Gasteiger partial charge in [0.2, 0.25) is 15.9 Å². The van der Waals surface area contributed by atoms with Gasteiger partial charge in [-0.1, -0.05) is 5.16 Å². The Morgan fingerprint density at radius 1 is 1.33 bits per heavy atom. The van der Waals surface area contributed by atoms with E-state index in [-0.39, 0.29) is 42.2 Å². The highest BCUT2D eigenvalue weighted by atomic mass is 127. The summed E-state index contributed by atoms with van der Waals surface area (Å²) in [6.45, 7) is 1.88. The summed E-state index contributed by atoms with van der Waals surface area (Å²) in [6.07, 6.45) is 3.45. The van der Waals surface area contributed by atoms with E-state index >= 15 is 0 Å². The minimum atomic E-state index is -3.43. The number of aliphatic imine (C=N–C) groups is 1. The molecule has 0 bridgehead atoms. The van der Waals surface area contributed by atoms with E-state index in [1.54, 1.807) is 13.1 Å². The normalized spacial score (nSPS) is 18.7. The Balaban J connectivity index is 0.00000261. The zero-order valence-corrected chi connectivity index (χ0v) is 18.3. The predicted molar refractivity (Wildman–Crippen MR) is 110 cm³/mol. The number of nitrogens with zero attached hydrogens (tertiary/aromatic N) is 4. The first-order valence-electron chi connectivity index (χ1n) is 8.60. The number of amides is 1. The molecule has 0 unspecified atom stereocenters. The average molecular weight is 512 g/mol. The number of halogens is 1. The molecule has 0 aromatic carbocycles. The molecule has 2 heterocycles. The van der Waals surface area contributed by atoms with Crippen molar-refractivity contribution >= 4 is 45.9 Å². The van der Waals surface area contributed by atoms with E-state index < -0.39 is 10.0 Å². The molecule has 12 heteroatoms. The number of carbonyl (C=O) groups excluding carboxylic acids is 1. The minimum Gasteiger partial charge on any atom is -0.364 e. The lowest BCUT2D eigenvalue weighted by Gasteiger charge is -2.35. The number of hydrogen-bond donors (Lipinski definition) is 2. The van der Waals surface area contributed by atoms with Crippen molar-refractivity contribution in [1.29, 1.82) is 0 Å². The fourth-order valence-corrected chi connectivity index (χ4v) is 4.19. The monoisotopic (exact) mass is 512 g/mol. The molecule has 27 heavy (non-hydrogen) atoms. The van der Waals surface area contributed by atoms with E-state index in [0.717, 1.165) is 12.8 Å². The lowest BCUT2D eigenvalue weighted by Crippen LogP contribution is -2.54. The molecular weight excluding hydrogens is 487 g/mol. The Morgan fingerprint density at radius 2 is 2.04 bits per heavy atom. The molecule has 1 aromatic rings. The summed E-state index contributed by atoms with van der Waals surface area (Å²) >= 11 is 0. The fourth-order valence-electron chi connectivity index (χ4n) is 2.77. The summed E-state index contributed by atoms with van der Waals surface area (Å²) in [7, 11) is -1.79. The highest BCUT2D eigenvalue weighted by Gasteiger charge is 2.29. The average Bonchev–Trinajstić information content (AvgIpc) is 3.29. The van der Waals surface area contributed by atoms with Crippen LogP contribution in [0, 0.1) is 0 Å². The molecule has 0 atom stereocenters. The number of rotatable bonds is 6. The number of carbonyl (C=O) groups is 1. The zero-order chi connectivity index (χ0) is 18.6. The Bertz CT molecular complexity index is 742. The number of hydrogen-bond acceptors (Lipinski definition) is 6. The molecule has 0 spiro atoms. The molecular formula is C15H25IN6O4S. The second kappa shape index (κ2) is 9.68. The molecule has 1 saturated carbocycles. The van der Waals surface area contributed by atoms with E-state index in [0.29, 0.717) is 43.9 Å². The van der Waals surface area contributed by atoms with Crippen LogP contribution in [0.5, 0.6) is 0 Å². The van der Waals surface area contributed by atoms with Crippen LogP contribution >= 0.6 is 24.0 Å². The van der Waals surface area contributed by atoms with Crippen LogP contribution in [0.15, 0.2) is 21.8 Å². The summed E-state index contributed by atoms with van der Waals surface area (Å²) in [5.41, 5.74) is 0.395. The quantitative estimate of drug-likeness (QED) is 0.302. The van der Waals surface area contributed by atoms with Gasteiger partial charge in [-0.15, -0.1) is 24.0 Å². The molecule has 1 aliphatic heterocycles. The van der Waals surface area contributed by atoms with Crippen molar-refractivity contribution in [2.24, 2.45) is 4.99 Å². The maximum atomic E-state index is 12.4. The largest absolute Gasteiger partial charge is 0.364 e. The summed E-state index contributed by atoms with van der Waals surface area (Å²) < 4.78 is 31.0. The first kappa shape index (κ1) is 21.9. The van der Waals surface area contributed by atoms with Crippen molar-refractivity contribution in [3.05, 3.63) is 18.0 Å². The van der Waals surface area contributed by atoms with Crippen molar-refractivity contribution in [2.45, 2.75) is 24.6 Å². The molecule has 152 valence electrons. The summed E-state index contributed by atoms with van der Waals surface area (Å²) in [5, 5.41) is 9.60. The number of guanidine groups is 1. The molecule has 2 fully saturated rings. The summed E-state index contributed by atoms with van der Waals surface area (Å²) in [5.74, 6) is 0.379. The van der Waals surface area contributed by atoms with E-state index in [9.17, 15) is 13.2 Å². The maximum Gasteiger partial charge on any atom is 0.239 e. The third kappa shape index (κ3) is 6.31. The van der Waals surface area contributed by atoms with E-state index in [1.807, 2.05) is 4.90 Å². The van der Waals surface area contributed by atoms with Crippen LogP contribution in [0.1, 0.15) is 18.5 Å². The second-order valence-electron chi connectivity index (χ2n) is 6.38. The molecule has 3 rings (SSSR count). The van der Waals surface area contributed by atoms with Crippen LogP contribution in [-0.4, -0.2) is 80.5 Å². The van der Waals surface area contributed by atoms with Crippen LogP contribution in [0.2, 0.25) is 0 Å². The summed E-state index contributed by atoms with van der Waals surface area (Å²) in [4.78, 5) is 17.9. The smallest absolute Gasteiger partial charge is 0.239 e. The van der Waals surface area contributed by atoms with Gasteiger partial charge in [0.05, 0.1) is 12.2 Å². The molecule has 1 saturated heterocycles. The topological polar surface area (TPSA) is 120 Å². The molecule has 10 nitrogen and oxygen atoms in total. The van der Waals surface area contributed by atoms with E-state index in [1.165, 1.54) is 10.6 Å². The molecule has 1 aliphatic carbocycles. The van der Waals surface area contributed by atoms with Crippen molar-refractivity contribution in [3.8, 4) is 0 Å². The number of piperazine rings is 1. The standard InChI is InChI=1S/C15H24N6O4S.HI/c1-16-15(17-10-14(22)18-12-2-3-12)20-5-7-21(8-6-20)26(23,24)11-13-4-9-25-19-13;/h4,9,12H,2-3,5-8,10-11H2,1H3,(H,16,17)(H,18,22);1H. The van der Waals surface area contributed by atoms with Gasteiger partial charge in [0.25, 0.3) is 0 Å². The van der Waals surface area contributed by atoms with Gasteiger partial charge in [0.15, 0.2) is 5.96 Å². The molecule has 0 radical (unpaired) electrons. The van der Waals surface area contributed by atoms with Crippen LogP contribution in [0.4, 0.5) is 0 Å².